The first-order chi connectivity index (χ1) is 13.7. The number of ether oxygens (including phenoxy) is 1. The highest BCUT2D eigenvalue weighted by molar-refractivity contribution is 7.89. The Kier molecular flexibility index (Phi) is 6.13. The molecule has 1 N–H and O–H groups in total. The van der Waals surface area contributed by atoms with Crippen molar-refractivity contribution in [2.45, 2.75) is 44.2 Å². The van der Waals surface area contributed by atoms with Gasteiger partial charge in [-0.1, -0.05) is 0 Å². The molecule has 1 atom stereocenters. The molecule has 3 rings (SSSR count). The van der Waals surface area contributed by atoms with E-state index < -0.39 is 22.0 Å². The van der Waals surface area contributed by atoms with Gasteiger partial charge in [0.25, 0.3) is 0 Å². The second-order valence-corrected chi connectivity index (χ2v) is 8.79. The van der Waals surface area contributed by atoms with Crippen LogP contribution in [0, 0.1) is 6.92 Å². The lowest BCUT2D eigenvalue weighted by Gasteiger charge is -2.22. The molecule has 1 fully saturated rings. The second-order valence-electron chi connectivity index (χ2n) is 6.90. The number of furan rings is 1. The molecule has 0 saturated carbocycles. The van der Waals surface area contributed by atoms with Crippen LogP contribution in [0.15, 0.2) is 33.7 Å². The highest BCUT2D eigenvalue weighted by Crippen LogP contribution is 2.27. The number of hydrogen-bond donors (Lipinski definition) is 1. The molecule has 158 valence electrons. The number of carbonyl (C=O) groups is 2. The number of nitrogens with zero attached hydrogens (tertiary/aromatic N) is 2. The predicted molar refractivity (Wildman–Crippen MR) is 104 cm³/mol. The Labute approximate surface area is 169 Å². The molecule has 3 heterocycles. The molecule has 1 aliphatic rings. The molecule has 0 spiro atoms. The molecule has 1 amide bonds. The Morgan fingerprint density at radius 2 is 2.10 bits per heavy atom. The summed E-state index contributed by atoms with van der Waals surface area (Å²) in [5.41, 5.74) is 0.138. The van der Waals surface area contributed by atoms with Crippen molar-refractivity contribution in [3.8, 4) is 0 Å². The van der Waals surface area contributed by atoms with Crippen LogP contribution in [0.2, 0.25) is 0 Å². The average molecular weight is 423 g/mol. The van der Waals surface area contributed by atoms with Crippen molar-refractivity contribution >= 4 is 21.9 Å². The fourth-order valence-electron chi connectivity index (χ4n) is 3.38. The zero-order valence-electron chi connectivity index (χ0n) is 16.7. The van der Waals surface area contributed by atoms with E-state index in [2.05, 4.69) is 5.32 Å². The van der Waals surface area contributed by atoms with Crippen LogP contribution in [0.25, 0.3) is 0 Å². The zero-order valence-corrected chi connectivity index (χ0v) is 17.5. The van der Waals surface area contributed by atoms with Crippen LogP contribution < -0.4 is 5.32 Å². The molecule has 0 aliphatic carbocycles. The molecule has 2 aromatic heterocycles. The molecule has 0 aromatic carbocycles. The maximum Gasteiger partial charge on any atom is 0.354 e. The molecule has 1 unspecified atom stereocenters. The van der Waals surface area contributed by atoms with Gasteiger partial charge in [0.1, 0.15) is 28.2 Å². The summed E-state index contributed by atoms with van der Waals surface area (Å²) < 4.78 is 39.3. The van der Waals surface area contributed by atoms with E-state index in [1.54, 1.807) is 33.0 Å². The third-order valence-electron chi connectivity index (χ3n) is 4.81. The summed E-state index contributed by atoms with van der Waals surface area (Å²) in [6.45, 7) is 4.10. The van der Waals surface area contributed by atoms with E-state index in [1.807, 2.05) is 0 Å². The van der Waals surface area contributed by atoms with E-state index in [1.165, 1.54) is 21.1 Å². The number of amides is 1. The van der Waals surface area contributed by atoms with Gasteiger partial charge in [-0.25, -0.2) is 13.2 Å². The minimum Gasteiger partial charge on any atom is -0.465 e. The quantitative estimate of drug-likeness (QED) is 0.677. The second kappa shape index (κ2) is 8.42. The summed E-state index contributed by atoms with van der Waals surface area (Å²) in [4.78, 5) is 24.6. The average Bonchev–Trinajstić information content (AvgIpc) is 3.39. The molecule has 10 heteroatoms. The number of carbonyl (C=O) groups excluding carboxylic acids is 2. The zero-order chi connectivity index (χ0) is 21.2. The van der Waals surface area contributed by atoms with Crippen molar-refractivity contribution < 1.29 is 27.2 Å². The fraction of sp³-hybridized carbons (Fsp3) is 0.474. The predicted octanol–water partition coefficient (Wildman–Crippen LogP) is 1.57. The molecular weight excluding hydrogens is 398 g/mol. The lowest BCUT2D eigenvalue weighted by Crippen LogP contribution is -2.45. The van der Waals surface area contributed by atoms with Crippen molar-refractivity contribution in [1.29, 1.82) is 0 Å². The normalized spacial score (nSPS) is 17.4. The molecule has 1 saturated heterocycles. The van der Waals surface area contributed by atoms with Crippen molar-refractivity contribution in [3.63, 3.8) is 0 Å². The van der Waals surface area contributed by atoms with Gasteiger partial charge in [-0.15, -0.1) is 0 Å². The Morgan fingerprint density at radius 1 is 1.34 bits per heavy atom. The number of nitrogens with one attached hydrogen (secondary N) is 1. The molecule has 0 radical (unpaired) electrons. The van der Waals surface area contributed by atoms with E-state index in [9.17, 15) is 18.0 Å². The third-order valence-corrected chi connectivity index (χ3v) is 6.68. The summed E-state index contributed by atoms with van der Waals surface area (Å²) in [7, 11) is -2.37. The molecule has 29 heavy (non-hydrogen) atoms. The Balaban J connectivity index is 1.76. The van der Waals surface area contributed by atoms with E-state index >= 15 is 0 Å². The van der Waals surface area contributed by atoms with E-state index in [0.29, 0.717) is 18.6 Å². The van der Waals surface area contributed by atoms with Crippen LogP contribution in [0.5, 0.6) is 0 Å². The van der Waals surface area contributed by atoms with Gasteiger partial charge in [0.15, 0.2) is 0 Å². The number of aromatic nitrogens is 1. The largest absolute Gasteiger partial charge is 0.465 e. The van der Waals surface area contributed by atoms with Crippen LogP contribution in [0.4, 0.5) is 0 Å². The smallest absolute Gasteiger partial charge is 0.354 e. The molecule has 0 bridgehead atoms. The van der Waals surface area contributed by atoms with Gasteiger partial charge in [-0.2, -0.15) is 4.31 Å². The molecule has 9 nitrogen and oxygen atoms in total. The Morgan fingerprint density at radius 3 is 2.76 bits per heavy atom. The summed E-state index contributed by atoms with van der Waals surface area (Å²) in [6, 6.07) is 4.04. The Bertz CT molecular complexity index is 1010. The monoisotopic (exact) mass is 423 g/mol. The number of hydrogen-bond acceptors (Lipinski definition) is 6. The van der Waals surface area contributed by atoms with Crippen LogP contribution >= 0.6 is 0 Å². The summed E-state index contributed by atoms with van der Waals surface area (Å²) in [5, 5.41) is 2.74. The fourth-order valence-corrected chi connectivity index (χ4v) is 5.11. The van der Waals surface area contributed by atoms with Gasteiger partial charge >= 0.3 is 5.97 Å². The standard InChI is InChI=1S/C19H25N3O6S/c1-4-27-19(24)17-10-15(12-21(17)3)29(25,26)22-9-5-6-16(22)18(23)20-11-14-8-7-13(2)28-14/h7-8,10,12,16H,4-6,9,11H2,1-3H3,(H,20,23). The molecule has 2 aromatic rings. The van der Waals surface area contributed by atoms with Crippen molar-refractivity contribution in [3.05, 3.63) is 41.6 Å². The van der Waals surface area contributed by atoms with Crippen LogP contribution in [0.1, 0.15) is 41.8 Å². The van der Waals surface area contributed by atoms with E-state index in [-0.39, 0.29) is 36.2 Å². The van der Waals surface area contributed by atoms with Crippen molar-refractivity contribution in [2.75, 3.05) is 13.2 Å². The van der Waals surface area contributed by atoms with E-state index in [4.69, 9.17) is 9.15 Å². The highest BCUT2D eigenvalue weighted by atomic mass is 32.2. The minimum atomic E-state index is -3.94. The van der Waals surface area contributed by atoms with Gasteiger partial charge in [-0.05, 0) is 44.9 Å². The summed E-state index contributed by atoms with van der Waals surface area (Å²) in [6.07, 6.45) is 2.37. The van der Waals surface area contributed by atoms with Gasteiger partial charge in [0.2, 0.25) is 15.9 Å². The van der Waals surface area contributed by atoms with E-state index in [0.717, 1.165) is 5.76 Å². The van der Waals surface area contributed by atoms with Crippen molar-refractivity contribution in [2.24, 2.45) is 7.05 Å². The van der Waals surface area contributed by atoms with Crippen molar-refractivity contribution in [1.82, 2.24) is 14.2 Å². The summed E-state index contributed by atoms with van der Waals surface area (Å²) >= 11 is 0. The number of sulfonamides is 1. The van der Waals surface area contributed by atoms with Crippen LogP contribution in [-0.2, 0) is 33.1 Å². The lowest BCUT2D eigenvalue weighted by atomic mass is 10.2. The first-order valence-electron chi connectivity index (χ1n) is 9.42. The molecule has 1 aliphatic heterocycles. The van der Waals surface area contributed by atoms with Gasteiger partial charge in [0, 0.05) is 19.8 Å². The topological polar surface area (TPSA) is 111 Å². The molecular formula is C19H25N3O6S. The first-order valence-corrected chi connectivity index (χ1v) is 10.9. The maximum absolute atomic E-state index is 13.1. The Hall–Kier alpha value is -2.59. The number of esters is 1. The maximum atomic E-state index is 13.1. The SMILES string of the molecule is CCOC(=O)c1cc(S(=O)(=O)N2CCCC2C(=O)NCc2ccc(C)o2)cn1C. The van der Waals surface area contributed by atoms with Gasteiger partial charge in [0.05, 0.1) is 13.2 Å². The minimum absolute atomic E-state index is 0.0376. The highest BCUT2D eigenvalue weighted by Gasteiger charge is 2.40. The number of rotatable bonds is 7. The lowest BCUT2D eigenvalue weighted by molar-refractivity contribution is -0.124. The van der Waals surface area contributed by atoms with Crippen LogP contribution in [-0.4, -0.2) is 48.4 Å². The third kappa shape index (κ3) is 4.38. The first kappa shape index (κ1) is 21.1. The van der Waals surface area contributed by atoms with Crippen LogP contribution in [0.3, 0.4) is 0 Å². The van der Waals surface area contributed by atoms with Gasteiger partial charge < -0.3 is 19.0 Å². The summed E-state index contributed by atoms with van der Waals surface area (Å²) in [5.74, 6) is 0.369. The van der Waals surface area contributed by atoms with Gasteiger partial charge in [-0.3, -0.25) is 4.79 Å². The number of aryl methyl sites for hydroxylation is 2.